The average Bonchev–Trinajstić information content (AvgIpc) is 2.61. The predicted octanol–water partition coefficient (Wildman–Crippen LogP) is 2.93. The highest BCUT2D eigenvalue weighted by Gasteiger charge is 2.14. The van der Waals surface area contributed by atoms with E-state index < -0.39 is 0 Å². The predicted molar refractivity (Wildman–Crippen MR) is 57.3 cm³/mol. The third-order valence-electron chi connectivity index (χ3n) is 2.70. The van der Waals surface area contributed by atoms with Crippen molar-refractivity contribution in [3.63, 3.8) is 0 Å². The van der Waals surface area contributed by atoms with E-state index in [0.29, 0.717) is 5.52 Å². The van der Waals surface area contributed by atoms with E-state index in [-0.39, 0.29) is 17.6 Å². The number of hydrogen-bond acceptors (Lipinski definition) is 1. The molecule has 2 nitrogen and oxygen atoms in total. The second-order valence-corrected chi connectivity index (χ2v) is 3.69. The molecule has 15 heavy (non-hydrogen) atoms. The van der Waals surface area contributed by atoms with Crippen LogP contribution >= 0.6 is 0 Å². The molecule has 0 aliphatic carbocycles. The number of Topliss-reactive ketones (excluding diaryl/α,β-unsaturated/α-hetero) is 1. The first-order chi connectivity index (χ1) is 7.11. The number of carbonyl (C=O) groups is 1. The molecule has 0 amide bonds. The number of para-hydroxylation sites is 1. The summed E-state index contributed by atoms with van der Waals surface area (Å²) in [7, 11) is 0. The lowest BCUT2D eigenvalue weighted by Gasteiger charge is -2.11. The maximum absolute atomic E-state index is 13.6. The van der Waals surface area contributed by atoms with E-state index in [4.69, 9.17) is 0 Å². The van der Waals surface area contributed by atoms with E-state index in [2.05, 4.69) is 0 Å². The molecule has 1 atom stereocenters. The fraction of sp³-hybridized carbons (Fsp3) is 0.250. The van der Waals surface area contributed by atoms with Gasteiger partial charge in [0.25, 0.3) is 0 Å². The van der Waals surface area contributed by atoms with Crippen LogP contribution in [0.3, 0.4) is 0 Å². The Hall–Kier alpha value is -1.64. The summed E-state index contributed by atoms with van der Waals surface area (Å²) in [5.74, 6) is -0.263. The SMILES string of the molecule is CC(=O)C(C)n1ccc2cccc(F)c21. The zero-order valence-corrected chi connectivity index (χ0v) is 8.70. The van der Waals surface area contributed by atoms with E-state index in [1.165, 1.54) is 13.0 Å². The molecule has 0 radical (unpaired) electrons. The first-order valence-electron chi connectivity index (χ1n) is 4.87. The first kappa shape index (κ1) is 9.90. The molecule has 0 aliphatic heterocycles. The van der Waals surface area contributed by atoms with Gasteiger partial charge in [0.2, 0.25) is 0 Å². The van der Waals surface area contributed by atoms with Gasteiger partial charge in [-0.05, 0) is 26.0 Å². The molecule has 0 N–H and O–H groups in total. The summed E-state index contributed by atoms with van der Waals surface area (Å²) >= 11 is 0. The molecule has 3 heteroatoms. The molecule has 1 heterocycles. The van der Waals surface area contributed by atoms with Crippen LogP contribution in [0.4, 0.5) is 4.39 Å². The van der Waals surface area contributed by atoms with Crippen molar-refractivity contribution in [3.8, 4) is 0 Å². The fourth-order valence-electron chi connectivity index (χ4n) is 1.69. The van der Waals surface area contributed by atoms with Crippen LogP contribution in [0.15, 0.2) is 30.5 Å². The van der Waals surface area contributed by atoms with Gasteiger partial charge in [-0.1, -0.05) is 12.1 Å². The number of aromatic nitrogens is 1. The van der Waals surface area contributed by atoms with Crippen LogP contribution in [0.5, 0.6) is 0 Å². The van der Waals surface area contributed by atoms with Crippen LogP contribution in [-0.2, 0) is 4.79 Å². The molecular formula is C12H12FNO. The lowest BCUT2D eigenvalue weighted by Crippen LogP contribution is -2.12. The molecule has 1 aromatic heterocycles. The van der Waals surface area contributed by atoms with Crippen molar-refractivity contribution < 1.29 is 9.18 Å². The molecule has 1 unspecified atom stereocenters. The lowest BCUT2D eigenvalue weighted by molar-refractivity contribution is -0.119. The minimum absolute atomic E-state index is 0.0238. The second kappa shape index (κ2) is 3.50. The Morgan fingerprint density at radius 1 is 1.40 bits per heavy atom. The Morgan fingerprint density at radius 2 is 2.13 bits per heavy atom. The van der Waals surface area contributed by atoms with Crippen LogP contribution in [0.1, 0.15) is 19.9 Å². The largest absolute Gasteiger partial charge is 0.335 e. The molecule has 2 rings (SSSR count). The van der Waals surface area contributed by atoms with Crippen LogP contribution in [0.25, 0.3) is 10.9 Å². The quantitative estimate of drug-likeness (QED) is 0.738. The molecule has 0 fully saturated rings. The highest BCUT2D eigenvalue weighted by atomic mass is 19.1. The van der Waals surface area contributed by atoms with Gasteiger partial charge < -0.3 is 4.57 Å². The molecule has 0 saturated heterocycles. The van der Waals surface area contributed by atoms with Crippen molar-refractivity contribution in [2.24, 2.45) is 0 Å². The normalized spacial score (nSPS) is 13.0. The molecule has 0 saturated carbocycles. The zero-order valence-electron chi connectivity index (χ0n) is 8.70. The van der Waals surface area contributed by atoms with Crippen molar-refractivity contribution in [2.75, 3.05) is 0 Å². The number of hydrogen-bond donors (Lipinski definition) is 0. The lowest BCUT2D eigenvalue weighted by atomic mass is 10.2. The van der Waals surface area contributed by atoms with Crippen molar-refractivity contribution in [1.82, 2.24) is 4.57 Å². The number of fused-ring (bicyclic) bond motifs is 1. The molecular weight excluding hydrogens is 193 g/mol. The van der Waals surface area contributed by atoms with Crippen molar-refractivity contribution in [1.29, 1.82) is 0 Å². The summed E-state index contributed by atoms with van der Waals surface area (Å²) in [6.45, 7) is 3.28. The highest BCUT2D eigenvalue weighted by molar-refractivity contribution is 5.85. The van der Waals surface area contributed by atoms with Crippen LogP contribution in [0.2, 0.25) is 0 Å². The number of nitrogens with zero attached hydrogens (tertiary/aromatic N) is 1. The fourth-order valence-corrected chi connectivity index (χ4v) is 1.69. The van der Waals surface area contributed by atoms with Gasteiger partial charge in [0.05, 0.1) is 11.6 Å². The van der Waals surface area contributed by atoms with E-state index in [1.54, 1.807) is 23.8 Å². The topological polar surface area (TPSA) is 22.0 Å². The van der Waals surface area contributed by atoms with E-state index >= 15 is 0 Å². The number of benzene rings is 1. The molecule has 78 valence electrons. The van der Waals surface area contributed by atoms with Crippen LogP contribution < -0.4 is 0 Å². The van der Waals surface area contributed by atoms with Crippen molar-refractivity contribution in [2.45, 2.75) is 19.9 Å². The Bertz CT molecular complexity index is 515. The zero-order chi connectivity index (χ0) is 11.0. The van der Waals surface area contributed by atoms with E-state index in [1.807, 2.05) is 12.1 Å². The maximum atomic E-state index is 13.6. The maximum Gasteiger partial charge on any atom is 0.152 e. The second-order valence-electron chi connectivity index (χ2n) is 3.69. The summed E-state index contributed by atoms with van der Waals surface area (Å²) in [6.07, 6.45) is 1.75. The Kier molecular flexibility index (Phi) is 2.31. The summed E-state index contributed by atoms with van der Waals surface area (Å²) in [6, 6.07) is 6.41. The minimum Gasteiger partial charge on any atom is -0.335 e. The minimum atomic E-state index is -0.320. The van der Waals surface area contributed by atoms with Gasteiger partial charge >= 0.3 is 0 Å². The monoisotopic (exact) mass is 205 g/mol. The molecule has 0 bridgehead atoms. The molecule has 1 aromatic carbocycles. The highest BCUT2D eigenvalue weighted by Crippen LogP contribution is 2.22. The third kappa shape index (κ3) is 1.54. The third-order valence-corrected chi connectivity index (χ3v) is 2.70. The number of ketones is 1. The van der Waals surface area contributed by atoms with Crippen LogP contribution in [0, 0.1) is 5.82 Å². The van der Waals surface area contributed by atoms with Crippen LogP contribution in [-0.4, -0.2) is 10.4 Å². The molecule has 0 aliphatic rings. The summed E-state index contributed by atoms with van der Waals surface area (Å²) in [4.78, 5) is 11.3. The molecule has 0 spiro atoms. The summed E-state index contributed by atoms with van der Waals surface area (Å²) in [5.41, 5.74) is 0.500. The standard InChI is InChI=1S/C12H12FNO/c1-8(9(2)15)14-7-6-10-4-3-5-11(13)12(10)14/h3-8H,1-2H3. The van der Waals surface area contributed by atoms with E-state index in [9.17, 15) is 9.18 Å². The van der Waals surface area contributed by atoms with Gasteiger partial charge in [-0.3, -0.25) is 4.79 Å². The van der Waals surface area contributed by atoms with E-state index in [0.717, 1.165) is 5.39 Å². The number of rotatable bonds is 2. The number of halogens is 1. The van der Waals surface area contributed by atoms with Gasteiger partial charge in [-0.25, -0.2) is 4.39 Å². The Morgan fingerprint density at radius 3 is 2.80 bits per heavy atom. The van der Waals surface area contributed by atoms with Crippen molar-refractivity contribution in [3.05, 3.63) is 36.3 Å². The Balaban J connectivity index is 2.67. The summed E-state index contributed by atoms with van der Waals surface area (Å²) in [5, 5.41) is 0.822. The molecule has 2 aromatic rings. The van der Waals surface area contributed by atoms with Gasteiger partial charge in [0, 0.05) is 11.6 Å². The van der Waals surface area contributed by atoms with Gasteiger partial charge in [0.1, 0.15) is 5.82 Å². The van der Waals surface area contributed by atoms with Gasteiger partial charge in [-0.15, -0.1) is 0 Å². The van der Waals surface area contributed by atoms with Gasteiger partial charge in [0.15, 0.2) is 5.78 Å². The first-order valence-corrected chi connectivity index (χ1v) is 4.87. The van der Waals surface area contributed by atoms with Gasteiger partial charge in [-0.2, -0.15) is 0 Å². The summed E-state index contributed by atoms with van der Waals surface area (Å²) < 4.78 is 15.2. The number of carbonyl (C=O) groups excluding carboxylic acids is 1. The smallest absolute Gasteiger partial charge is 0.152 e. The Labute approximate surface area is 87.3 Å². The van der Waals surface area contributed by atoms with Crippen molar-refractivity contribution >= 4 is 16.7 Å². The average molecular weight is 205 g/mol.